The Morgan fingerprint density at radius 3 is 2.71 bits per heavy atom. The van der Waals surface area contributed by atoms with Crippen molar-refractivity contribution in [2.75, 3.05) is 23.7 Å². The summed E-state index contributed by atoms with van der Waals surface area (Å²) in [5.74, 6) is 1.18. The zero-order valence-electron chi connectivity index (χ0n) is 9.93. The highest BCUT2D eigenvalue weighted by molar-refractivity contribution is 6.33. The van der Waals surface area contributed by atoms with Gasteiger partial charge in [-0.2, -0.15) is 0 Å². The van der Waals surface area contributed by atoms with Crippen LogP contribution in [-0.4, -0.2) is 29.3 Å². The first-order valence-corrected chi connectivity index (χ1v) is 6.29. The predicted molar refractivity (Wildman–Crippen MR) is 70.3 cm³/mol. The average molecular weight is 256 g/mol. The molecule has 0 saturated carbocycles. The molecule has 2 heterocycles. The Kier molecular flexibility index (Phi) is 3.74. The van der Waals surface area contributed by atoms with E-state index in [2.05, 4.69) is 9.88 Å². The first-order valence-electron chi connectivity index (χ1n) is 5.92. The van der Waals surface area contributed by atoms with Crippen molar-refractivity contribution in [3.63, 3.8) is 0 Å². The zero-order chi connectivity index (χ0) is 12.4. The van der Waals surface area contributed by atoms with Gasteiger partial charge in [-0.1, -0.05) is 11.6 Å². The van der Waals surface area contributed by atoms with Crippen LogP contribution in [0.1, 0.15) is 19.8 Å². The lowest BCUT2D eigenvalue weighted by molar-refractivity contribution is 0.110. The van der Waals surface area contributed by atoms with Crippen molar-refractivity contribution >= 4 is 23.1 Å². The molecule has 2 rings (SSSR count). The SMILES string of the molecule is CC(O)C1CCN(c2ncc(N)cc2Cl)CC1. The molecule has 0 bridgehead atoms. The first-order chi connectivity index (χ1) is 8.08. The van der Waals surface area contributed by atoms with Crippen LogP contribution in [0.5, 0.6) is 0 Å². The number of nitrogens with zero attached hydrogens (tertiary/aromatic N) is 2. The summed E-state index contributed by atoms with van der Waals surface area (Å²) in [6.45, 7) is 3.62. The van der Waals surface area contributed by atoms with Gasteiger partial charge in [0.15, 0.2) is 0 Å². The van der Waals surface area contributed by atoms with Crippen molar-refractivity contribution in [1.82, 2.24) is 4.98 Å². The van der Waals surface area contributed by atoms with Gasteiger partial charge in [0.05, 0.1) is 23.0 Å². The maximum atomic E-state index is 9.55. The van der Waals surface area contributed by atoms with Crippen LogP contribution >= 0.6 is 11.6 Å². The molecule has 1 aromatic heterocycles. The molecule has 17 heavy (non-hydrogen) atoms. The number of halogens is 1. The van der Waals surface area contributed by atoms with Gasteiger partial charge in [-0.05, 0) is 31.7 Å². The lowest BCUT2D eigenvalue weighted by Crippen LogP contribution is -2.37. The second-order valence-electron chi connectivity index (χ2n) is 4.64. The van der Waals surface area contributed by atoms with Crippen LogP contribution in [0.2, 0.25) is 5.02 Å². The number of nitrogens with two attached hydrogens (primary N) is 1. The van der Waals surface area contributed by atoms with Gasteiger partial charge in [-0.3, -0.25) is 0 Å². The number of hydrogen-bond donors (Lipinski definition) is 2. The van der Waals surface area contributed by atoms with E-state index in [4.69, 9.17) is 17.3 Å². The minimum Gasteiger partial charge on any atom is -0.397 e. The molecule has 0 amide bonds. The van der Waals surface area contributed by atoms with E-state index in [9.17, 15) is 5.11 Å². The van der Waals surface area contributed by atoms with Gasteiger partial charge >= 0.3 is 0 Å². The standard InChI is InChI=1S/C12H18ClN3O/c1-8(17)9-2-4-16(5-3-9)12-11(13)6-10(14)7-15-12/h6-9,17H,2-5,14H2,1H3. The Bertz CT molecular complexity index is 389. The monoisotopic (exact) mass is 255 g/mol. The lowest BCUT2D eigenvalue weighted by Gasteiger charge is -2.34. The minimum absolute atomic E-state index is 0.230. The molecule has 0 spiro atoms. The molecule has 94 valence electrons. The number of nitrogen functional groups attached to an aromatic ring is 1. The van der Waals surface area contributed by atoms with E-state index < -0.39 is 0 Å². The maximum absolute atomic E-state index is 9.55. The van der Waals surface area contributed by atoms with E-state index in [1.165, 1.54) is 0 Å². The number of aliphatic hydroxyl groups excluding tert-OH is 1. The van der Waals surface area contributed by atoms with Crippen molar-refractivity contribution in [3.8, 4) is 0 Å². The largest absolute Gasteiger partial charge is 0.397 e. The number of rotatable bonds is 2. The van der Waals surface area contributed by atoms with Gasteiger partial charge in [0.25, 0.3) is 0 Å². The third-order valence-electron chi connectivity index (χ3n) is 3.36. The predicted octanol–water partition coefficient (Wildman–Crippen LogP) is 1.91. The minimum atomic E-state index is -0.230. The summed E-state index contributed by atoms with van der Waals surface area (Å²) in [7, 11) is 0. The summed E-state index contributed by atoms with van der Waals surface area (Å²) in [5, 5.41) is 10.1. The zero-order valence-corrected chi connectivity index (χ0v) is 10.7. The number of piperidine rings is 1. The average Bonchev–Trinajstić information content (AvgIpc) is 2.29. The quantitative estimate of drug-likeness (QED) is 0.848. The molecule has 1 saturated heterocycles. The summed E-state index contributed by atoms with van der Waals surface area (Å²) in [4.78, 5) is 6.43. The molecular formula is C12H18ClN3O. The molecule has 1 atom stereocenters. The van der Waals surface area contributed by atoms with Crippen molar-refractivity contribution in [3.05, 3.63) is 17.3 Å². The molecule has 0 radical (unpaired) electrons. The van der Waals surface area contributed by atoms with Crippen LogP contribution in [0.4, 0.5) is 11.5 Å². The number of pyridine rings is 1. The van der Waals surface area contributed by atoms with Crippen LogP contribution < -0.4 is 10.6 Å². The summed E-state index contributed by atoms with van der Waals surface area (Å²) < 4.78 is 0. The molecule has 3 N–H and O–H groups in total. The van der Waals surface area contributed by atoms with Crippen LogP contribution in [-0.2, 0) is 0 Å². The van der Waals surface area contributed by atoms with Crippen LogP contribution in [0.3, 0.4) is 0 Å². The fourth-order valence-electron chi connectivity index (χ4n) is 2.27. The highest BCUT2D eigenvalue weighted by atomic mass is 35.5. The van der Waals surface area contributed by atoms with E-state index >= 15 is 0 Å². The van der Waals surface area contributed by atoms with Gasteiger partial charge in [0, 0.05) is 13.1 Å². The second kappa shape index (κ2) is 5.10. The van der Waals surface area contributed by atoms with E-state index in [-0.39, 0.29) is 6.10 Å². The molecule has 1 aliphatic heterocycles. The lowest BCUT2D eigenvalue weighted by atomic mass is 9.92. The molecule has 1 unspecified atom stereocenters. The number of anilines is 2. The van der Waals surface area contributed by atoms with E-state index in [1.807, 2.05) is 6.92 Å². The first kappa shape index (κ1) is 12.5. The maximum Gasteiger partial charge on any atom is 0.147 e. The number of aromatic nitrogens is 1. The smallest absolute Gasteiger partial charge is 0.147 e. The van der Waals surface area contributed by atoms with Gasteiger partial charge in [-0.15, -0.1) is 0 Å². The Hall–Kier alpha value is -1.00. The van der Waals surface area contributed by atoms with Crippen molar-refractivity contribution in [2.24, 2.45) is 5.92 Å². The molecule has 0 aromatic carbocycles. The Balaban J connectivity index is 2.05. The fourth-order valence-corrected chi connectivity index (χ4v) is 2.57. The molecule has 4 nitrogen and oxygen atoms in total. The van der Waals surface area contributed by atoms with Crippen molar-refractivity contribution in [1.29, 1.82) is 0 Å². The Labute approximate surface area is 106 Å². The Morgan fingerprint density at radius 1 is 1.53 bits per heavy atom. The summed E-state index contributed by atoms with van der Waals surface area (Å²) in [6.07, 6.45) is 3.34. The highest BCUT2D eigenvalue weighted by Crippen LogP contribution is 2.29. The third-order valence-corrected chi connectivity index (χ3v) is 3.64. The summed E-state index contributed by atoms with van der Waals surface area (Å²) >= 11 is 6.13. The van der Waals surface area contributed by atoms with Gasteiger partial charge in [-0.25, -0.2) is 4.98 Å². The Morgan fingerprint density at radius 2 is 2.18 bits per heavy atom. The van der Waals surface area contributed by atoms with Gasteiger partial charge in [0.2, 0.25) is 0 Å². The second-order valence-corrected chi connectivity index (χ2v) is 5.05. The molecule has 1 fully saturated rings. The number of hydrogen-bond acceptors (Lipinski definition) is 4. The van der Waals surface area contributed by atoms with Gasteiger partial charge < -0.3 is 15.7 Å². The summed E-state index contributed by atoms with van der Waals surface area (Å²) in [5.41, 5.74) is 6.20. The molecular weight excluding hydrogens is 238 g/mol. The van der Waals surface area contributed by atoms with E-state index in [0.29, 0.717) is 16.6 Å². The number of aliphatic hydroxyl groups is 1. The molecule has 1 aromatic rings. The van der Waals surface area contributed by atoms with Crippen LogP contribution in [0.25, 0.3) is 0 Å². The normalized spacial score (nSPS) is 19.4. The van der Waals surface area contributed by atoms with Crippen LogP contribution in [0.15, 0.2) is 12.3 Å². The van der Waals surface area contributed by atoms with Crippen LogP contribution in [0, 0.1) is 5.92 Å². The fraction of sp³-hybridized carbons (Fsp3) is 0.583. The highest BCUT2D eigenvalue weighted by Gasteiger charge is 2.24. The van der Waals surface area contributed by atoms with E-state index in [0.717, 1.165) is 31.7 Å². The molecule has 5 heteroatoms. The summed E-state index contributed by atoms with van der Waals surface area (Å²) in [6, 6.07) is 1.73. The van der Waals surface area contributed by atoms with E-state index in [1.54, 1.807) is 12.3 Å². The topological polar surface area (TPSA) is 62.4 Å². The third kappa shape index (κ3) is 2.82. The molecule has 0 aliphatic carbocycles. The van der Waals surface area contributed by atoms with Crippen molar-refractivity contribution < 1.29 is 5.11 Å². The molecule has 1 aliphatic rings. The van der Waals surface area contributed by atoms with Gasteiger partial charge in [0.1, 0.15) is 5.82 Å². The van der Waals surface area contributed by atoms with Crippen molar-refractivity contribution in [2.45, 2.75) is 25.9 Å².